The molecule has 1 unspecified atom stereocenters. The van der Waals surface area contributed by atoms with Crippen molar-refractivity contribution < 1.29 is 28.9 Å². The number of ketones is 1. The van der Waals surface area contributed by atoms with Crippen LogP contribution in [0.15, 0.2) is 54.1 Å². The number of ether oxygens (including phenoxy) is 3. The van der Waals surface area contributed by atoms with E-state index in [4.69, 9.17) is 14.2 Å². The highest BCUT2D eigenvalue weighted by Crippen LogP contribution is 2.40. The summed E-state index contributed by atoms with van der Waals surface area (Å²) >= 11 is 0. The molecule has 1 aliphatic heterocycles. The van der Waals surface area contributed by atoms with Gasteiger partial charge in [-0.2, -0.15) is 0 Å². The number of carbonyl (C=O) groups excluding carboxylic acids is 2. The van der Waals surface area contributed by atoms with Crippen LogP contribution in [0.5, 0.6) is 11.5 Å². The first-order valence-electron chi connectivity index (χ1n) is 11.7. The van der Waals surface area contributed by atoms with Crippen LogP contribution in [0.25, 0.3) is 5.76 Å². The topological polar surface area (TPSA) is 85.3 Å². The Balaban J connectivity index is 2.03. The number of amides is 1. The highest BCUT2D eigenvalue weighted by Gasteiger charge is 2.45. The Hall–Kier alpha value is -3.32. The van der Waals surface area contributed by atoms with Crippen molar-refractivity contribution in [1.29, 1.82) is 0 Å². The van der Waals surface area contributed by atoms with Gasteiger partial charge in [0.15, 0.2) is 0 Å². The molecule has 1 atom stereocenters. The van der Waals surface area contributed by atoms with E-state index in [1.807, 2.05) is 31.2 Å². The molecule has 1 fully saturated rings. The van der Waals surface area contributed by atoms with Crippen molar-refractivity contribution in [1.82, 2.24) is 4.90 Å². The van der Waals surface area contributed by atoms with Crippen molar-refractivity contribution in [2.45, 2.75) is 39.2 Å². The summed E-state index contributed by atoms with van der Waals surface area (Å²) in [5, 5.41) is 11.2. The van der Waals surface area contributed by atoms with Crippen molar-refractivity contribution in [3.8, 4) is 11.5 Å². The molecule has 1 saturated heterocycles. The van der Waals surface area contributed by atoms with E-state index >= 15 is 0 Å². The molecule has 1 amide bonds. The fourth-order valence-electron chi connectivity index (χ4n) is 3.98. The standard InChI is InChI=1S/C27H33NO6/c1-4-6-17-34-22-10-7-9-20(18-22)24-23(26(30)27(31)28(24)15-8-16-32-3)25(29)19-11-13-21(14-12-19)33-5-2/h7,9-14,18,24,29H,4-6,8,15-17H2,1-3H3/b25-23+. The maximum atomic E-state index is 13.1. The Bertz CT molecular complexity index is 1010. The van der Waals surface area contributed by atoms with Crippen molar-refractivity contribution in [2.24, 2.45) is 0 Å². The second kappa shape index (κ2) is 12.2. The maximum Gasteiger partial charge on any atom is 0.295 e. The Morgan fingerprint density at radius 3 is 2.41 bits per heavy atom. The van der Waals surface area contributed by atoms with E-state index in [1.54, 1.807) is 31.4 Å². The normalized spacial score (nSPS) is 17.3. The van der Waals surface area contributed by atoms with Crippen LogP contribution in [-0.2, 0) is 14.3 Å². The summed E-state index contributed by atoms with van der Waals surface area (Å²) in [4.78, 5) is 27.6. The molecule has 1 aliphatic rings. The first-order valence-corrected chi connectivity index (χ1v) is 11.7. The highest BCUT2D eigenvalue weighted by molar-refractivity contribution is 6.46. The minimum Gasteiger partial charge on any atom is -0.507 e. The van der Waals surface area contributed by atoms with E-state index in [0.717, 1.165) is 12.8 Å². The van der Waals surface area contributed by atoms with Crippen LogP contribution < -0.4 is 9.47 Å². The lowest BCUT2D eigenvalue weighted by Crippen LogP contribution is -2.31. The molecule has 7 heteroatoms. The van der Waals surface area contributed by atoms with Crippen LogP contribution in [0.4, 0.5) is 0 Å². The van der Waals surface area contributed by atoms with Gasteiger partial charge in [-0.1, -0.05) is 25.5 Å². The minimum atomic E-state index is -0.724. The van der Waals surface area contributed by atoms with E-state index in [-0.39, 0.29) is 11.3 Å². The van der Waals surface area contributed by atoms with Gasteiger partial charge >= 0.3 is 0 Å². The quantitative estimate of drug-likeness (QED) is 0.210. The zero-order chi connectivity index (χ0) is 24.5. The van der Waals surface area contributed by atoms with Crippen LogP contribution in [0.2, 0.25) is 0 Å². The molecule has 2 aromatic carbocycles. The van der Waals surface area contributed by atoms with E-state index in [1.165, 1.54) is 4.90 Å². The molecule has 0 radical (unpaired) electrons. The number of likely N-dealkylation sites (tertiary alicyclic amines) is 1. The van der Waals surface area contributed by atoms with Gasteiger partial charge in [-0.05, 0) is 61.7 Å². The van der Waals surface area contributed by atoms with Crippen molar-refractivity contribution in [3.05, 3.63) is 65.2 Å². The zero-order valence-electron chi connectivity index (χ0n) is 20.1. The molecule has 1 heterocycles. The Kier molecular flexibility index (Phi) is 9.10. The van der Waals surface area contributed by atoms with Crippen molar-refractivity contribution in [2.75, 3.05) is 33.5 Å². The van der Waals surface area contributed by atoms with Crippen LogP contribution in [0, 0.1) is 0 Å². The molecule has 1 N–H and O–H groups in total. The molecule has 7 nitrogen and oxygen atoms in total. The van der Waals surface area contributed by atoms with Gasteiger partial charge in [0.2, 0.25) is 0 Å². The van der Waals surface area contributed by atoms with Crippen LogP contribution >= 0.6 is 0 Å². The Morgan fingerprint density at radius 2 is 1.74 bits per heavy atom. The van der Waals surface area contributed by atoms with Crippen molar-refractivity contribution in [3.63, 3.8) is 0 Å². The average molecular weight is 468 g/mol. The van der Waals surface area contributed by atoms with Gasteiger partial charge in [-0.25, -0.2) is 0 Å². The largest absolute Gasteiger partial charge is 0.507 e. The summed E-state index contributed by atoms with van der Waals surface area (Å²) in [6, 6.07) is 13.5. The molecule has 0 spiro atoms. The minimum absolute atomic E-state index is 0.0669. The van der Waals surface area contributed by atoms with Gasteiger partial charge in [-0.15, -0.1) is 0 Å². The molecule has 3 rings (SSSR count). The number of methoxy groups -OCH3 is 1. The zero-order valence-corrected chi connectivity index (χ0v) is 20.1. The van der Waals surface area contributed by atoms with Gasteiger partial charge in [0.1, 0.15) is 17.3 Å². The SMILES string of the molecule is CCCCOc1cccc(C2/C(=C(\O)c3ccc(OCC)cc3)C(=O)C(=O)N2CCCOC)c1. The predicted octanol–water partition coefficient (Wildman–Crippen LogP) is 4.72. The molecule has 182 valence electrons. The second-order valence-corrected chi connectivity index (χ2v) is 8.07. The lowest BCUT2D eigenvalue weighted by molar-refractivity contribution is -0.140. The average Bonchev–Trinajstić information content (AvgIpc) is 3.10. The van der Waals surface area contributed by atoms with Crippen LogP contribution in [-0.4, -0.2) is 55.2 Å². The first kappa shape index (κ1) is 25.3. The number of aliphatic hydroxyl groups is 1. The van der Waals surface area contributed by atoms with Gasteiger partial charge in [0, 0.05) is 25.8 Å². The van der Waals surface area contributed by atoms with Gasteiger partial charge in [0.05, 0.1) is 24.8 Å². The number of carbonyl (C=O) groups is 2. The number of nitrogens with zero attached hydrogens (tertiary/aromatic N) is 1. The first-order chi connectivity index (χ1) is 16.5. The number of hydrogen-bond donors (Lipinski definition) is 1. The lowest BCUT2D eigenvalue weighted by atomic mass is 9.95. The number of unbranched alkanes of at least 4 members (excludes halogenated alkanes) is 1. The fourth-order valence-corrected chi connectivity index (χ4v) is 3.98. The maximum absolute atomic E-state index is 13.1. The van der Waals surface area contributed by atoms with E-state index < -0.39 is 17.7 Å². The third kappa shape index (κ3) is 5.78. The van der Waals surface area contributed by atoms with Crippen LogP contribution in [0.3, 0.4) is 0 Å². The number of rotatable bonds is 12. The lowest BCUT2D eigenvalue weighted by Gasteiger charge is -2.25. The molecule has 0 aromatic heterocycles. The van der Waals surface area contributed by atoms with Gasteiger partial charge in [-0.3, -0.25) is 9.59 Å². The number of benzene rings is 2. The Labute approximate surface area is 200 Å². The van der Waals surface area contributed by atoms with Crippen molar-refractivity contribution >= 4 is 17.4 Å². The Morgan fingerprint density at radius 1 is 0.971 bits per heavy atom. The van der Waals surface area contributed by atoms with Crippen LogP contribution in [0.1, 0.15) is 50.3 Å². The number of aliphatic hydroxyl groups excluding tert-OH is 1. The summed E-state index contributed by atoms with van der Waals surface area (Å²) < 4.78 is 16.5. The van der Waals surface area contributed by atoms with E-state index in [9.17, 15) is 14.7 Å². The smallest absolute Gasteiger partial charge is 0.295 e. The molecule has 0 saturated carbocycles. The van der Waals surface area contributed by atoms with E-state index in [0.29, 0.717) is 55.4 Å². The second-order valence-electron chi connectivity index (χ2n) is 8.07. The molecular weight excluding hydrogens is 434 g/mol. The van der Waals surface area contributed by atoms with Gasteiger partial charge in [0.25, 0.3) is 11.7 Å². The highest BCUT2D eigenvalue weighted by atomic mass is 16.5. The predicted molar refractivity (Wildman–Crippen MR) is 130 cm³/mol. The molecular formula is C27H33NO6. The summed E-state index contributed by atoms with van der Waals surface area (Å²) in [6.45, 7) is 5.86. The molecule has 2 aromatic rings. The summed E-state index contributed by atoms with van der Waals surface area (Å²) in [6.07, 6.45) is 2.51. The monoisotopic (exact) mass is 467 g/mol. The molecule has 34 heavy (non-hydrogen) atoms. The summed E-state index contributed by atoms with van der Waals surface area (Å²) in [7, 11) is 1.59. The third-order valence-electron chi connectivity index (χ3n) is 5.67. The molecule has 0 bridgehead atoms. The number of Topliss-reactive ketones (excluding diaryl/α,β-unsaturated/α-hetero) is 1. The summed E-state index contributed by atoms with van der Waals surface area (Å²) in [5.41, 5.74) is 1.22. The van der Waals surface area contributed by atoms with E-state index in [2.05, 4.69) is 6.92 Å². The van der Waals surface area contributed by atoms with Gasteiger partial charge < -0.3 is 24.2 Å². The molecule has 0 aliphatic carbocycles. The number of hydrogen-bond acceptors (Lipinski definition) is 6. The summed E-state index contributed by atoms with van der Waals surface area (Å²) in [5.74, 6) is -0.225. The third-order valence-corrected chi connectivity index (χ3v) is 5.67. The fraction of sp³-hybridized carbons (Fsp3) is 0.407.